The lowest BCUT2D eigenvalue weighted by atomic mass is 10.0. The van der Waals surface area contributed by atoms with Crippen LogP contribution in [0.2, 0.25) is 0 Å². The van der Waals surface area contributed by atoms with Crippen LogP contribution in [-0.4, -0.2) is 19.4 Å². The van der Waals surface area contributed by atoms with Crippen molar-refractivity contribution >= 4 is 32.0 Å². The van der Waals surface area contributed by atoms with E-state index in [1.165, 1.54) is 12.3 Å². The van der Waals surface area contributed by atoms with Crippen LogP contribution in [-0.2, 0) is 16.4 Å². The fourth-order valence-electron chi connectivity index (χ4n) is 3.06. The fourth-order valence-corrected chi connectivity index (χ4v) is 4.75. The molecule has 3 rings (SSSR count). The van der Waals surface area contributed by atoms with Gasteiger partial charge >= 0.3 is 6.03 Å². The van der Waals surface area contributed by atoms with Crippen molar-refractivity contribution in [2.75, 3.05) is 0 Å². The number of halogens is 3. The summed E-state index contributed by atoms with van der Waals surface area (Å²) < 4.78 is 55.0. The first-order valence-electron chi connectivity index (χ1n) is 9.10. The molecule has 3 aromatic rings. The highest BCUT2D eigenvalue weighted by molar-refractivity contribution is 9.10. The lowest BCUT2D eigenvalue weighted by Crippen LogP contribution is -2.42. The number of sulfonamides is 1. The minimum atomic E-state index is -4.13. The van der Waals surface area contributed by atoms with Crippen molar-refractivity contribution in [1.82, 2.24) is 15.0 Å². The maximum Gasteiger partial charge on any atom is 0.329 e. The molecule has 0 aliphatic carbocycles. The molecule has 0 aliphatic rings. The van der Waals surface area contributed by atoms with Crippen molar-refractivity contribution in [3.8, 4) is 0 Å². The van der Waals surface area contributed by atoms with Gasteiger partial charge in [0, 0.05) is 16.7 Å². The van der Waals surface area contributed by atoms with Crippen LogP contribution in [0, 0.1) is 18.6 Å². The Hall–Kier alpha value is -2.85. The van der Waals surface area contributed by atoms with Crippen LogP contribution < -0.4 is 10.0 Å². The van der Waals surface area contributed by atoms with E-state index in [4.69, 9.17) is 0 Å². The summed E-state index contributed by atoms with van der Waals surface area (Å²) >= 11 is 3.34. The molecule has 2 N–H and O–H groups in total. The molecule has 1 unspecified atom stereocenters. The van der Waals surface area contributed by atoms with E-state index in [-0.39, 0.29) is 16.9 Å². The molecule has 0 fully saturated rings. The summed E-state index contributed by atoms with van der Waals surface area (Å²) in [5.74, 6) is -1.53. The van der Waals surface area contributed by atoms with Gasteiger partial charge in [-0.25, -0.2) is 26.7 Å². The van der Waals surface area contributed by atoms with Gasteiger partial charge in [0.25, 0.3) is 10.0 Å². The van der Waals surface area contributed by atoms with Crippen molar-refractivity contribution in [1.29, 1.82) is 0 Å². The number of benzene rings is 2. The van der Waals surface area contributed by atoms with E-state index < -0.39 is 33.7 Å². The van der Waals surface area contributed by atoms with E-state index in [9.17, 15) is 22.0 Å². The molecule has 0 saturated heterocycles. The number of nitrogens with zero attached hydrogens (tertiary/aromatic N) is 1. The molecule has 0 saturated carbocycles. The predicted molar refractivity (Wildman–Crippen MR) is 115 cm³/mol. The summed E-state index contributed by atoms with van der Waals surface area (Å²) in [6, 6.07) is 10.7. The Morgan fingerprint density at radius 2 is 1.77 bits per heavy atom. The third-order valence-corrected chi connectivity index (χ3v) is 6.56. The summed E-state index contributed by atoms with van der Waals surface area (Å²) in [4.78, 5) is 16.8. The summed E-state index contributed by atoms with van der Waals surface area (Å²) in [7, 11) is -4.13. The summed E-state index contributed by atoms with van der Waals surface area (Å²) in [5.41, 5.74) is 1.11. The Morgan fingerprint density at radius 3 is 2.42 bits per heavy atom. The summed E-state index contributed by atoms with van der Waals surface area (Å²) in [6.45, 7) is 1.61. The normalized spacial score (nSPS) is 12.3. The first-order valence-corrected chi connectivity index (χ1v) is 11.4. The maximum atomic E-state index is 13.6. The Morgan fingerprint density at radius 1 is 1.10 bits per heavy atom. The van der Waals surface area contributed by atoms with Crippen molar-refractivity contribution in [3.05, 3.63) is 93.7 Å². The molecule has 0 bridgehead atoms. The molecule has 0 spiro atoms. The topological polar surface area (TPSA) is 88.2 Å². The zero-order valence-corrected chi connectivity index (χ0v) is 18.7. The largest absolute Gasteiger partial charge is 0.329 e. The van der Waals surface area contributed by atoms with Crippen LogP contribution in [0.25, 0.3) is 0 Å². The van der Waals surface area contributed by atoms with Crippen LogP contribution in [0.1, 0.15) is 22.9 Å². The van der Waals surface area contributed by atoms with Gasteiger partial charge in [0.2, 0.25) is 0 Å². The molecule has 6 nitrogen and oxygen atoms in total. The standard InChI is InChI=1S/C21H18BrF2N3O3S/c1-13-5-2-3-7-19(13)31(29,30)27-21(28)26-18(20-17(22)6-4-8-25-20)11-14-9-15(23)12-16(24)10-14/h2-10,12,18H,11H2,1H3,(H2,26,27,28). The highest BCUT2D eigenvalue weighted by Crippen LogP contribution is 2.25. The first-order chi connectivity index (χ1) is 14.7. The number of pyridine rings is 1. The second-order valence-electron chi connectivity index (χ2n) is 6.75. The van der Waals surface area contributed by atoms with E-state index in [1.807, 2.05) is 4.72 Å². The number of aryl methyl sites for hydroxylation is 1. The lowest BCUT2D eigenvalue weighted by molar-refractivity contribution is 0.241. The van der Waals surface area contributed by atoms with Gasteiger partial charge in [-0.1, -0.05) is 18.2 Å². The van der Waals surface area contributed by atoms with Gasteiger partial charge in [-0.2, -0.15) is 0 Å². The van der Waals surface area contributed by atoms with Crippen molar-refractivity contribution in [2.24, 2.45) is 0 Å². The molecule has 10 heteroatoms. The number of hydrogen-bond donors (Lipinski definition) is 2. The maximum absolute atomic E-state index is 13.6. The quantitative estimate of drug-likeness (QED) is 0.515. The van der Waals surface area contributed by atoms with E-state index in [1.54, 1.807) is 37.3 Å². The van der Waals surface area contributed by atoms with E-state index >= 15 is 0 Å². The smallest absolute Gasteiger partial charge is 0.329 e. The van der Waals surface area contributed by atoms with Gasteiger partial charge < -0.3 is 5.32 Å². The molecule has 0 radical (unpaired) electrons. The average molecular weight is 510 g/mol. The van der Waals surface area contributed by atoms with Gasteiger partial charge in [-0.05, 0) is 70.7 Å². The molecule has 2 amide bonds. The van der Waals surface area contributed by atoms with E-state index in [0.29, 0.717) is 15.7 Å². The minimum Gasteiger partial charge on any atom is -0.329 e. The number of aromatic nitrogens is 1. The first kappa shape index (κ1) is 22.8. The summed E-state index contributed by atoms with van der Waals surface area (Å²) in [6.07, 6.45) is 1.46. The SMILES string of the molecule is Cc1ccccc1S(=O)(=O)NC(=O)NC(Cc1cc(F)cc(F)c1)c1ncccc1Br. The molecule has 1 heterocycles. The molecule has 1 atom stereocenters. The van der Waals surface area contributed by atoms with Crippen molar-refractivity contribution in [2.45, 2.75) is 24.3 Å². The Labute approximate surface area is 186 Å². The number of rotatable bonds is 6. The predicted octanol–water partition coefficient (Wildman–Crippen LogP) is 4.40. The number of amides is 2. The zero-order valence-electron chi connectivity index (χ0n) is 16.3. The van der Waals surface area contributed by atoms with Gasteiger partial charge in [-0.3, -0.25) is 4.98 Å². The van der Waals surface area contributed by atoms with Crippen LogP contribution in [0.15, 0.2) is 70.2 Å². The van der Waals surface area contributed by atoms with Crippen LogP contribution in [0.3, 0.4) is 0 Å². The molecular weight excluding hydrogens is 492 g/mol. The monoisotopic (exact) mass is 509 g/mol. The number of carbonyl (C=O) groups is 1. The number of nitrogens with one attached hydrogen (secondary N) is 2. The molecular formula is C21H18BrF2N3O3S. The van der Waals surface area contributed by atoms with E-state index in [0.717, 1.165) is 18.2 Å². The highest BCUT2D eigenvalue weighted by Gasteiger charge is 2.24. The number of hydrogen-bond acceptors (Lipinski definition) is 4. The summed E-state index contributed by atoms with van der Waals surface area (Å²) in [5, 5.41) is 2.54. The third-order valence-electron chi connectivity index (χ3n) is 4.39. The second kappa shape index (κ2) is 9.52. The van der Waals surface area contributed by atoms with Gasteiger partial charge in [0.05, 0.1) is 16.6 Å². The molecule has 31 heavy (non-hydrogen) atoms. The van der Waals surface area contributed by atoms with Gasteiger partial charge in [0.1, 0.15) is 11.6 Å². The van der Waals surface area contributed by atoms with E-state index in [2.05, 4.69) is 26.2 Å². The molecule has 1 aromatic heterocycles. The second-order valence-corrected chi connectivity index (χ2v) is 9.25. The molecule has 162 valence electrons. The number of carbonyl (C=O) groups excluding carboxylic acids is 1. The van der Waals surface area contributed by atoms with Crippen LogP contribution >= 0.6 is 15.9 Å². The van der Waals surface area contributed by atoms with Crippen molar-refractivity contribution < 1.29 is 22.0 Å². The highest BCUT2D eigenvalue weighted by atomic mass is 79.9. The van der Waals surface area contributed by atoms with Gasteiger partial charge in [-0.15, -0.1) is 0 Å². The Balaban J connectivity index is 1.87. The van der Waals surface area contributed by atoms with Crippen molar-refractivity contribution in [3.63, 3.8) is 0 Å². The molecule has 0 aliphatic heterocycles. The van der Waals surface area contributed by atoms with Crippen LogP contribution in [0.4, 0.5) is 13.6 Å². The third kappa shape index (κ3) is 5.86. The zero-order chi connectivity index (χ0) is 22.6. The Kier molecular flexibility index (Phi) is 7.01. The van der Waals surface area contributed by atoms with Crippen LogP contribution in [0.5, 0.6) is 0 Å². The molecule has 2 aromatic carbocycles. The fraction of sp³-hybridized carbons (Fsp3) is 0.143. The van der Waals surface area contributed by atoms with Gasteiger partial charge in [0.15, 0.2) is 0 Å². The average Bonchev–Trinajstić information content (AvgIpc) is 2.67. The minimum absolute atomic E-state index is 0.0257. The Bertz CT molecular complexity index is 1200. The number of urea groups is 1. The lowest BCUT2D eigenvalue weighted by Gasteiger charge is -2.20.